The third-order valence-electron chi connectivity index (χ3n) is 2.37. The van der Waals surface area contributed by atoms with Crippen molar-refractivity contribution in [2.24, 2.45) is 0 Å². The quantitative estimate of drug-likeness (QED) is 0.483. The van der Waals surface area contributed by atoms with Crippen LogP contribution in [0.3, 0.4) is 0 Å². The number of amides is 2. The maximum atomic E-state index is 11.7. The maximum Gasteiger partial charge on any atom is 0.242 e. The minimum Gasteiger partial charge on any atom is -0.382 e. The summed E-state index contributed by atoms with van der Waals surface area (Å²) in [5, 5.41) is 14.2. The minimum absolute atomic E-state index is 0.0507. The Morgan fingerprint density at radius 2 is 2.29 bits per heavy atom. The van der Waals surface area contributed by atoms with Crippen LogP contribution in [0.25, 0.3) is 0 Å². The van der Waals surface area contributed by atoms with Crippen molar-refractivity contribution in [1.82, 2.24) is 20.6 Å². The molecule has 0 radical (unpaired) electrons. The Morgan fingerprint density at radius 1 is 1.57 bits per heavy atom. The molecule has 4 N–H and O–H groups in total. The van der Waals surface area contributed by atoms with E-state index >= 15 is 0 Å². The summed E-state index contributed by atoms with van der Waals surface area (Å²) in [5.41, 5.74) is 5.74. The minimum atomic E-state index is -0.606. The molecule has 9 heteroatoms. The molecule has 0 fully saturated rings. The lowest BCUT2D eigenvalue weighted by Crippen LogP contribution is -2.45. The third-order valence-corrected chi connectivity index (χ3v) is 3.23. The number of nitrogens with one attached hydrogen (secondary N) is 2. The van der Waals surface area contributed by atoms with Crippen LogP contribution in [0, 0.1) is 11.3 Å². The average Bonchev–Trinajstić information content (AvgIpc) is 2.45. The predicted molar refractivity (Wildman–Crippen MR) is 78.2 cm³/mol. The fourth-order valence-electron chi connectivity index (χ4n) is 1.34. The molecule has 0 aliphatic heterocycles. The summed E-state index contributed by atoms with van der Waals surface area (Å²) in [5.74, 6) is -0.430. The fraction of sp³-hybridized carbons (Fsp3) is 0.417. The lowest BCUT2D eigenvalue weighted by Gasteiger charge is -2.12. The third kappa shape index (κ3) is 5.27. The molecule has 1 aromatic rings. The Kier molecular flexibility index (Phi) is 6.42. The molecule has 0 aliphatic carbocycles. The first-order chi connectivity index (χ1) is 9.97. The number of rotatable bonds is 6. The Labute approximate surface area is 126 Å². The first-order valence-corrected chi connectivity index (χ1v) is 7.19. The summed E-state index contributed by atoms with van der Waals surface area (Å²) in [6.45, 7) is 3.91. The molecule has 0 saturated carbocycles. The van der Waals surface area contributed by atoms with Gasteiger partial charge in [-0.05, 0) is 13.8 Å². The molecule has 0 bridgehead atoms. The largest absolute Gasteiger partial charge is 0.382 e. The number of nitrogens with zero attached hydrogens (tertiary/aromatic N) is 3. The van der Waals surface area contributed by atoms with Gasteiger partial charge in [0.05, 0.1) is 11.9 Å². The number of aromatic nitrogens is 2. The highest BCUT2D eigenvalue weighted by molar-refractivity contribution is 7.99. The maximum absolute atomic E-state index is 11.7. The number of nitrogens with two attached hydrogens (primary N) is 1. The van der Waals surface area contributed by atoms with Gasteiger partial charge in [-0.15, -0.1) is 0 Å². The highest BCUT2D eigenvalue weighted by Crippen LogP contribution is 2.15. The normalized spacial score (nSPS) is 11.3. The Hall–Kier alpha value is -2.34. The van der Waals surface area contributed by atoms with E-state index in [1.807, 2.05) is 6.07 Å². The molecular weight excluding hydrogens is 292 g/mol. The van der Waals surface area contributed by atoms with Crippen molar-refractivity contribution in [2.45, 2.75) is 25.0 Å². The molecule has 0 spiro atoms. The summed E-state index contributed by atoms with van der Waals surface area (Å²) >= 11 is 1.07. The van der Waals surface area contributed by atoms with Gasteiger partial charge in [0.1, 0.15) is 23.5 Å². The zero-order valence-corrected chi connectivity index (χ0v) is 12.5. The first kappa shape index (κ1) is 16.7. The molecule has 2 amide bonds. The van der Waals surface area contributed by atoms with E-state index in [1.165, 1.54) is 6.20 Å². The van der Waals surface area contributed by atoms with E-state index in [9.17, 15) is 9.59 Å². The number of hydrogen-bond acceptors (Lipinski definition) is 7. The number of carbonyl (C=O) groups is 2. The molecule has 8 nitrogen and oxygen atoms in total. The van der Waals surface area contributed by atoms with Gasteiger partial charge in [0.2, 0.25) is 11.8 Å². The van der Waals surface area contributed by atoms with E-state index < -0.39 is 6.04 Å². The number of carbonyl (C=O) groups excluding carboxylic acids is 2. The Balaban J connectivity index is 2.48. The standard InChI is InChI=1S/C12H16N6O2S/c1-3-15-11(20)7(2)17-9(19)6-21-12-16-5-8(4-13)10(14)18-12/h5,7H,3,6H2,1-2H3,(H,15,20)(H,17,19)(H2,14,16,18)/t7-/m0/s1. The van der Waals surface area contributed by atoms with Gasteiger partial charge in [-0.25, -0.2) is 9.97 Å². The van der Waals surface area contributed by atoms with Crippen molar-refractivity contribution in [1.29, 1.82) is 5.26 Å². The van der Waals surface area contributed by atoms with Gasteiger partial charge >= 0.3 is 0 Å². The molecular formula is C12H16N6O2S. The van der Waals surface area contributed by atoms with Crippen molar-refractivity contribution in [3.63, 3.8) is 0 Å². The van der Waals surface area contributed by atoms with Gasteiger partial charge in [-0.3, -0.25) is 9.59 Å². The highest BCUT2D eigenvalue weighted by atomic mass is 32.2. The summed E-state index contributed by atoms with van der Waals surface area (Å²) in [7, 11) is 0. The van der Waals surface area contributed by atoms with E-state index in [-0.39, 0.29) is 28.9 Å². The number of likely N-dealkylation sites (N-methyl/N-ethyl adjacent to an activating group) is 1. The molecule has 1 heterocycles. The Bertz CT molecular complexity index is 571. The zero-order chi connectivity index (χ0) is 15.8. The average molecular weight is 308 g/mol. The van der Waals surface area contributed by atoms with Crippen LogP contribution in [-0.4, -0.2) is 40.1 Å². The van der Waals surface area contributed by atoms with E-state index in [2.05, 4.69) is 20.6 Å². The van der Waals surface area contributed by atoms with Crippen molar-refractivity contribution >= 4 is 29.4 Å². The van der Waals surface area contributed by atoms with Gasteiger partial charge < -0.3 is 16.4 Å². The van der Waals surface area contributed by atoms with Gasteiger partial charge in [0.25, 0.3) is 0 Å². The van der Waals surface area contributed by atoms with Gasteiger partial charge in [0.15, 0.2) is 5.16 Å². The number of hydrogen-bond donors (Lipinski definition) is 3. The van der Waals surface area contributed by atoms with Crippen LogP contribution in [0.15, 0.2) is 11.4 Å². The van der Waals surface area contributed by atoms with Gasteiger partial charge in [0, 0.05) is 6.54 Å². The van der Waals surface area contributed by atoms with Crippen molar-refractivity contribution in [3.05, 3.63) is 11.8 Å². The lowest BCUT2D eigenvalue weighted by molar-refractivity contribution is -0.127. The van der Waals surface area contributed by atoms with Crippen LogP contribution >= 0.6 is 11.8 Å². The van der Waals surface area contributed by atoms with Gasteiger partial charge in [-0.2, -0.15) is 5.26 Å². The van der Waals surface area contributed by atoms with Crippen LogP contribution in [-0.2, 0) is 9.59 Å². The zero-order valence-electron chi connectivity index (χ0n) is 11.7. The van der Waals surface area contributed by atoms with Crippen LogP contribution in [0.2, 0.25) is 0 Å². The van der Waals surface area contributed by atoms with Crippen LogP contribution in [0.1, 0.15) is 19.4 Å². The summed E-state index contributed by atoms with van der Waals surface area (Å²) in [6.07, 6.45) is 1.31. The predicted octanol–water partition coefficient (Wildman–Crippen LogP) is -0.337. The molecule has 1 aromatic heterocycles. The molecule has 0 unspecified atom stereocenters. The van der Waals surface area contributed by atoms with E-state index in [4.69, 9.17) is 11.0 Å². The molecule has 112 valence electrons. The van der Waals surface area contributed by atoms with Crippen LogP contribution in [0.5, 0.6) is 0 Å². The smallest absolute Gasteiger partial charge is 0.242 e. The van der Waals surface area contributed by atoms with E-state index in [0.29, 0.717) is 11.7 Å². The van der Waals surface area contributed by atoms with Crippen molar-refractivity contribution in [3.8, 4) is 6.07 Å². The SMILES string of the molecule is CCNC(=O)[C@H](C)NC(=O)CSc1ncc(C#N)c(N)n1. The molecule has 1 atom stereocenters. The topological polar surface area (TPSA) is 134 Å². The number of nitriles is 1. The number of nitrogen functional groups attached to an aromatic ring is 1. The number of thioether (sulfide) groups is 1. The van der Waals surface area contributed by atoms with Crippen molar-refractivity contribution < 1.29 is 9.59 Å². The highest BCUT2D eigenvalue weighted by Gasteiger charge is 2.15. The van der Waals surface area contributed by atoms with Crippen LogP contribution in [0.4, 0.5) is 5.82 Å². The first-order valence-electron chi connectivity index (χ1n) is 6.20. The fourth-order valence-corrected chi connectivity index (χ4v) is 1.97. The summed E-state index contributed by atoms with van der Waals surface area (Å²) in [4.78, 5) is 31.0. The van der Waals surface area contributed by atoms with E-state index in [1.54, 1.807) is 13.8 Å². The molecule has 21 heavy (non-hydrogen) atoms. The Morgan fingerprint density at radius 3 is 2.86 bits per heavy atom. The lowest BCUT2D eigenvalue weighted by atomic mass is 10.3. The second-order valence-corrected chi connectivity index (χ2v) is 4.98. The van der Waals surface area contributed by atoms with E-state index in [0.717, 1.165) is 11.8 Å². The summed E-state index contributed by atoms with van der Waals surface area (Å²) < 4.78 is 0. The molecule has 0 saturated heterocycles. The van der Waals surface area contributed by atoms with Crippen molar-refractivity contribution in [2.75, 3.05) is 18.0 Å². The second kappa shape index (κ2) is 8.06. The molecule has 0 aliphatic rings. The van der Waals surface area contributed by atoms with Gasteiger partial charge in [-0.1, -0.05) is 11.8 Å². The van der Waals surface area contributed by atoms with Crippen LogP contribution < -0.4 is 16.4 Å². The molecule has 1 rings (SSSR count). The second-order valence-electron chi connectivity index (χ2n) is 4.04. The summed E-state index contributed by atoms with van der Waals surface area (Å²) in [6, 6.07) is 1.25. The molecule has 0 aromatic carbocycles. The monoisotopic (exact) mass is 308 g/mol. The number of anilines is 1.